The molecular formula is C29H23NO5. The Morgan fingerprint density at radius 3 is 2.17 bits per heavy atom. The molecule has 0 unspecified atom stereocenters. The number of para-hydroxylation sites is 1. The normalized spacial score (nSPS) is 12.8. The summed E-state index contributed by atoms with van der Waals surface area (Å²) in [6.45, 7) is 0. The van der Waals surface area contributed by atoms with Gasteiger partial charge in [0.2, 0.25) is 5.43 Å². The summed E-state index contributed by atoms with van der Waals surface area (Å²) in [7, 11) is 0. The summed E-state index contributed by atoms with van der Waals surface area (Å²) < 4.78 is 6.36. The smallest absolute Gasteiger partial charge is 0.337 e. The fourth-order valence-electron chi connectivity index (χ4n) is 4.19. The summed E-state index contributed by atoms with van der Waals surface area (Å²) in [4.78, 5) is 39.1. The minimum absolute atomic E-state index is 0.0643. The lowest BCUT2D eigenvalue weighted by atomic mass is 9.97. The number of nitrogens with one attached hydrogen (secondary N) is 1. The number of carboxylic acid groups (broad SMARTS) is 1. The monoisotopic (exact) mass is 465 g/mol. The lowest BCUT2D eigenvalue weighted by Crippen LogP contribution is -2.27. The molecule has 174 valence electrons. The van der Waals surface area contributed by atoms with Gasteiger partial charge in [0.15, 0.2) is 5.76 Å². The maximum absolute atomic E-state index is 13.9. The first kappa shape index (κ1) is 22.3. The summed E-state index contributed by atoms with van der Waals surface area (Å²) in [6, 6.07) is 24.7. The highest BCUT2D eigenvalue weighted by Gasteiger charge is 2.34. The van der Waals surface area contributed by atoms with Gasteiger partial charge in [0, 0.05) is 23.5 Å². The van der Waals surface area contributed by atoms with Crippen LogP contribution in [0.3, 0.4) is 0 Å². The van der Waals surface area contributed by atoms with E-state index in [9.17, 15) is 19.5 Å². The molecule has 1 amide bonds. The highest BCUT2D eigenvalue weighted by molar-refractivity contribution is 6.10. The molecule has 1 fully saturated rings. The Morgan fingerprint density at radius 1 is 0.886 bits per heavy atom. The van der Waals surface area contributed by atoms with Crippen molar-refractivity contribution < 1.29 is 19.1 Å². The van der Waals surface area contributed by atoms with Gasteiger partial charge < -0.3 is 14.8 Å². The average molecular weight is 466 g/mol. The molecule has 1 aliphatic rings. The van der Waals surface area contributed by atoms with Crippen LogP contribution >= 0.6 is 0 Å². The molecule has 0 atom stereocenters. The van der Waals surface area contributed by atoms with Crippen molar-refractivity contribution in [3.8, 4) is 11.3 Å². The van der Waals surface area contributed by atoms with Crippen LogP contribution in [0.5, 0.6) is 0 Å². The van der Waals surface area contributed by atoms with Crippen LogP contribution < -0.4 is 10.7 Å². The van der Waals surface area contributed by atoms with Crippen molar-refractivity contribution in [3.63, 3.8) is 0 Å². The summed E-state index contributed by atoms with van der Waals surface area (Å²) in [5, 5.41) is 12.2. The highest BCUT2D eigenvalue weighted by Crippen LogP contribution is 2.43. The van der Waals surface area contributed by atoms with Crippen molar-refractivity contribution in [1.29, 1.82) is 0 Å². The molecular weight excluding hydrogens is 442 g/mol. The van der Waals surface area contributed by atoms with Gasteiger partial charge in [0.05, 0.1) is 11.3 Å². The van der Waals surface area contributed by atoms with Crippen molar-refractivity contribution in [2.75, 3.05) is 5.32 Å². The molecule has 0 bridgehead atoms. The first-order valence-electron chi connectivity index (χ1n) is 11.5. The molecule has 0 saturated heterocycles. The molecule has 0 radical (unpaired) electrons. The molecule has 6 heteroatoms. The minimum atomic E-state index is -1.18. The second kappa shape index (κ2) is 9.43. The Bertz CT molecular complexity index is 1450. The topological polar surface area (TPSA) is 96.6 Å². The van der Waals surface area contributed by atoms with E-state index in [0.717, 1.165) is 18.4 Å². The van der Waals surface area contributed by atoms with Gasteiger partial charge in [0.25, 0.3) is 5.91 Å². The van der Waals surface area contributed by atoms with E-state index < -0.39 is 17.3 Å². The number of benzene rings is 3. The van der Waals surface area contributed by atoms with Gasteiger partial charge in [-0.25, -0.2) is 4.79 Å². The molecule has 5 rings (SSSR count). The van der Waals surface area contributed by atoms with Crippen LogP contribution in [0.25, 0.3) is 11.3 Å². The van der Waals surface area contributed by atoms with Crippen molar-refractivity contribution in [3.05, 3.63) is 123 Å². The Kier molecular flexibility index (Phi) is 6.02. The Labute approximate surface area is 201 Å². The van der Waals surface area contributed by atoms with Crippen LogP contribution in [-0.4, -0.2) is 17.0 Å². The van der Waals surface area contributed by atoms with E-state index in [1.54, 1.807) is 24.3 Å². The first-order valence-corrected chi connectivity index (χ1v) is 11.5. The van der Waals surface area contributed by atoms with Crippen LogP contribution in [0.4, 0.5) is 5.69 Å². The molecule has 1 heterocycles. The molecule has 1 aliphatic carbocycles. The third kappa shape index (κ3) is 4.64. The van der Waals surface area contributed by atoms with Crippen LogP contribution in [0.2, 0.25) is 0 Å². The number of amides is 1. The number of hydrogen-bond acceptors (Lipinski definition) is 4. The second-order valence-electron chi connectivity index (χ2n) is 8.59. The lowest BCUT2D eigenvalue weighted by molar-refractivity contribution is 0.0698. The number of rotatable bonds is 7. The number of aromatic carboxylic acids is 1. The van der Waals surface area contributed by atoms with Crippen molar-refractivity contribution in [2.45, 2.75) is 25.2 Å². The Balaban J connectivity index is 1.67. The molecule has 35 heavy (non-hydrogen) atoms. The first-order chi connectivity index (χ1) is 17.0. The largest absolute Gasteiger partial charge is 0.478 e. The fourth-order valence-corrected chi connectivity index (χ4v) is 4.19. The van der Waals surface area contributed by atoms with E-state index in [1.165, 1.54) is 12.1 Å². The highest BCUT2D eigenvalue weighted by atomic mass is 16.4. The van der Waals surface area contributed by atoms with Crippen LogP contribution in [0, 0.1) is 0 Å². The van der Waals surface area contributed by atoms with Gasteiger partial charge in [-0.2, -0.15) is 0 Å². The number of carbonyl (C=O) groups excluding carboxylic acids is 1. The fraction of sp³-hybridized carbons (Fsp3) is 0.138. The average Bonchev–Trinajstić information content (AvgIpc) is 3.72. The summed E-state index contributed by atoms with van der Waals surface area (Å²) in [5.41, 5.74) is 1.53. The Morgan fingerprint density at radius 2 is 1.51 bits per heavy atom. The van der Waals surface area contributed by atoms with Gasteiger partial charge in [-0.05, 0) is 30.5 Å². The standard InChI is InChI=1S/C29H23NO5/c31-25-22(17-18-9-3-1-4-10-18)26(20-15-16-20)35-27(19-11-5-2-6-12-19)24(25)28(32)30-23-14-8-7-13-21(23)29(33)34/h1-14,20H,15-17H2,(H,30,32)(H,33,34). The van der Waals surface area contributed by atoms with Crippen molar-refractivity contribution in [2.24, 2.45) is 0 Å². The maximum atomic E-state index is 13.9. The Hall–Kier alpha value is -4.45. The summed E-state index contributed by atoms with van der Waals surface area (Å²) in [6.07, 6.45) is 2.20. The third-order valence-electron chi connectivity index (χ3n) is 6.08. The van der Waals surface area contributed by atoms with Gasteiger partial charge in [-0.3, -0.25) is 9.59 Å². The van der Waals surface area contributed by atoms with E-state index >= 15 is 0 Å². The van der Waals surface area contributed by atoms with Crippen LogP contribution in [0.15, 0.2) is 94.1 Å². The van der Waals surface area contributed by atoms with Crippen LogP contribution in [0.1, 0.15) is 56.4 Å². The van der Waals surface area contributed by atoms with E-state index in [-0.39, 0.29) is 28.5 Å². The molecule has 2 N–H and O–H groups in total. The molecule has 1 aromatic heterocycles. The number of anilines is 1. The number of carbonyl (C=O) groups is 2. The number of hydrogen-bond donors (Lipinski definition) is 2. The zero-order valence-electron chi connectivity index (χ0n) is 18.9. The van der Waals surface area contributed by atoms with Crippen molar-refractivity contribution >= 4 is 17.6 Å². The molecule has 6 nitrogen and oxygen atoms in total. The molecule has 0 spiro atoms. The van der Waals surface area contributed by atoms with E-state index in [4.69, 9.17) is 4.42 Å². The minimum Gasteiger partial charge on any atom is -0.478 e. The lowest BCUT2D eigenvalue weighted by Gasteiger charge is -2.15. The zero-order chi connectivity index (χ0) is 24.4. The zero-order valence-corrected chi connectivity index (χ0v) is 18.9. The van der Waals surface area contributed by atoms with E-state index in [2.05, 4.69) is 5.32 Å². The summed E-state index contributed by atoms with van der Waals surface area (Å²) in [5.74, 6) is -0.915. The predicted molar refractivity (Wildman–Crippen MR) is 133 cm³/mol. The van der Waals surface area contributed by atoms with Crippen molar-refractivity contribution in [1.82, 2.24) is 0 Å². The van der Waals surface area contributed by atoms with Gasteiger partial charge in [-0.1, -0.05) is 72.8 Å². The van der Waals surface area contributed by atoms with E-state index in [1.807, 2.05) is 48.5 Å². The second-order valence-corrected chi connectivity index (χ2v) is 8.59. The maximum Gasteiger partial charge on any atom is 0.337 e. The molecule has 0 aliphatic heterocycles. The predicted octanol–water partition coefficient (Wildman–Crippen LogP) is 5.73. The molecule has 3 aromatic carbocycles. The quantitative estimate of drug-likeness (QED) is 0.364. The van der Waals surface area contributed by atoms with Crippen LogP contribution in [-0.2, 0) is 6.42 Å². The molecule has 1 saturated carbocycles. The van der Waals surface area contributed by atoms with Gasteiger partial charge in [-0.15, -0.1) is 0 Å². The number of carboxylic acids is 1. The third-order valence-corrected chi connectivity index (χ3v) is 6.08. The molecule has 4 aromatic rings. The van der Waals surface area contributed by atoms with Gasteiger partial charge in [0.1, 0.15) is 11.3 Å². The van der Waals surface area contributed by atoms with E-state index in [0.29, 0.717) is 23.3 Å². The summed E-state index contributed by atoms with van der Waals surface area (Å²) >= 11 is 0. The SMILES string of the molecule is O=C(O)c1ccccc1NC(=O)c1c(-c2ccccc2)oc(C2CC2)c(Cc2ccccc2)c1=O. The van der Waals surface area contributed by atoms with Gasteiger partial charge >= 0.3 is 5.97 Å².